The molecule has 1 spiro atoms. The van der Waals surface area contributed by atoms with Crippen molar-refractivity contribution in [1.82, 2.24) is 15.0 Å². The molecule has 2 fully saturated rings. The van der Waals surface area contributed by atoms with Crippen molar-refractivity contribution in [3.05, 3.63) is 29.2 Å². The van der Waals surface area contributed by atoms with Crippen LogP contribution in [0.2, 0.25) is 0 Å². The second kappa shape index (κ2) is 6.57. The number of carbonyl (C=O) groups is 1. The van der Waals surface area contributed by atoms with Gasteiger partial charge in [-0.3, -0.25) is 9.69 Å². The Bertz CT molecular complexity index is 648. The van der Waals surface area contributed by atoms with E-state index in [2.05, 4.69) is 22.2 Å². The number of hydrogen-bond donors (Lipinski definition) is 0. The van der Waals surface area contributed by atoms with E-state index in [0.717, 1.165) is 75.8 Å². The lowest BCUT2D eigenvalue weighted by Gasteiger charge is -2.38. The van der Waals surface area contributed by atoms with Crippen molar-refractivity contribution < 1.29 is 14.1 Å². The van der Waals surface area contributed by atoms with Gasteiger partial charge in [0.2, 0.25) is 5.91 Å². The molecule has 1 aromatic heterocycles. The molecular formula is C19H27N3O3. The summed E-state index contributed by atoms with van der Waals surface area (Å²) in [6.07, 6.45) is 6.13. The molecule has 0 aliphatic carbocycles. The first-order valence-corrected chi connectivity index (χ1v) is 9.25. The number of ether oxygens (including phenoxy) is 1. The molecular weight excluding hydrogens is 318 g/mol. The molecule has 1 atom stereocenters. The number of aromatic nitrogens is 1. The predicted molar refractivity (Wildman–Crippen MR) is 93.0 cm³/mol. The summed E-state index contributed by atoms with van der Waals surface area (Å²) in [4.78, 5) is 17.6. The zero-order valence-corrected chi connectivity index (χ0v) is 15.2. The highest BCUT2D eigenvalue weighted by molar-refractivity contribution is 5.81. The highest BCUT2D eigenvalue weighted by Crippen LogP contribution is 2.45. The van der Waals surface area contributed by atoms with Crippen LogP contribution < -0.4 is 0 Å². The Morgan fingerprint density at radius 1 is 1.28 bits per heavy atom. The monoisotopic (exact) mass is 345 g/mol. The standard InChI is InChI=1S/C19H27N3O3/c1-14-16(15(2)25-20-14)11-21-12-17(18(23)22-7-3-4-8-22)19(13-21)5-9-24-10-6-19/h3-4,17H,5-13H2,1-2H3. The van der Waals surface area contributed by atoms with Crippen molar-refractivity contribution in [2.45, 2.75) is 33.2 Å². The summed E-state index contributed by atoms with van der Waals surface area (Å²) in [7, 11) is 0. The molecule has 4 rings (SSSR count). The zero-order chi connectivity index (χ0) is 17.4. The highest BCUT2D eigenvalue weighted by atomic mass is 16.5. The Balaban J connectivity index is 1.55. The molecule has 0 radical (unpaired) electrons. The van der Waals surface area contributed by atoms with Crippen LogP contribution in [0.15, 0.2) is 16.7 Å². The molecule has 6 nitrogen and oxygen atoms in total. The Morgan fingerprint density at radius 2 is 2.00 bits per heavy atom. The first-order valence-electron chi connectivity index (χ1n) is 9.25. The van der Waals surface area contributed by atoms with Crippen molar-refractivity contribution in [3.8, 4) is 0 Å². The van der Waals surface area contributed by atoms with E-state index in [1.807, 2.05) is 18.7 Å². The van der Waals surface area contributed by atoms with Gasteiger partial charge in [-0.15, -0.1) is 0 Å². The molecule has 25 heavy (non-hydrogen) atoms. The molecule has 0 bridgehead atoms. The van der Waals surface area contributed by atoms with Crippen molar-refractivity contribution in [1.29, 1.82) is 0 Å². The fraction of sp³-hybridized carbons (Fsp3) is 0.684. The van der Waals surface area contributed by atoms with E-state index in [4.69, 9.17) is 9.26 Å². The van der Waals surface area contributed by atoms with E-state index in [-0.39, 0.29) is 11.3 Å². The van der Waals surface area contributed by atoms with Crippen LogP contribution in [-0.2, 0) is 16.1 Å². The molecule has 4 heterocycles. The van der Waals surface area contributed by atoms with Gasteiger partial charge >= 0.3 is 0 Å². The van der Waals surface area contributed by atoms with Gasteiger partial charge in [0.15, 0.2) is 0 Å². The van der Waals surface area contributed by atoms with Gasteiger partial charge < -0.3 is 14.2 Å². The van der Waals surface area contributed by atoms with Gasteiger partial charge in [0.05, 0.1) is 11.6 Å². The maximum atomic E-state index is 13.2. The average molecular weight is 345 g/mol. The molecule has 136 valence electrons. The Labute approximate surface area is 148 Å². The molecule has 3 aliphatic rings. The van der Waals surface area contributed by atoms with E-state index < -0.39 is 0 Å². The molecule has 0 N–H and O–H groups in total. The lowest BCUT2D eigenvalue weighted by atomic mass is 9.71. The Kier molecular flexibility index (Phi) is 4.41. The normalized spacial score (nSPS) is 26.0. The lowest BCUT2D eigenvalue weighted by Crippen LogP contribution is -2.45. The third-order valence-corrected chi connectivity index (χ3v) is 6.20. The van der Waals surface area contributed by atoms with Crippen molar-refractivity contribution in [2.24, 2.45) is 11.3 Å². The van der Waals surface area contributed by atoms with Gasteiger partial charge in [0.25, 0.3) is 0 Å². The smallest absolute Gasteiger partial charge is 0.228 e. The minimum Gasteiger partial charge on any atom is -0.381 e. The Hall–Kier alpha value is -1.66. The third kappa shape index (κ3) is 3.02. The topological polar surface area (TPSA) is 58.8 Å². The second-order valence-electron chi connectivity index (χ2n) is 7.71. The molecule has 6 heteroatoms. The lowest BCUT2D eigenvalue weighted by molar-refractivity contribution is -0.139. The zero-order valence-electron chi connectivity index (χ0n) is 15.2. The molecule has 0 saturated carbocycles. The van der Waals surface area contributed by atoms with Gasteiger partial charge in [-0.05, 0) is 26.7 Å². The SMILES string of the molecule is Cc1noc(C)c1CN1CC(C(=O)N2CC=CC2)C2(CCOCC2)C1. The minimum absolute atomic E-state index is 0.0525. The summed E-state index contributed by atoms with van der Waals surface area (Å²) in [6, 6.07) is 0. The van der Waals surface area contributed by atoms with Crippen LogP contribution in [0, 0.1) is 25.2 Å². The molecule has 3 aliphatic heterocycles. The van der Waals surface area contributed by atoms with E-state index in [1.165, 1.54) is 0 Å². The van der Waals surface area contributed by atoms with Crippen molar-refractivity contribution in [2.75, 3.05) is 39.4 Å². The van der Waals surface area contributed by atoms with Crippen LogP contribution in [0.25, 0.3) is 0 Å². The van der Waals surface area contributed by atoms with Gasteiger partial charge in [0.1, 0.15) is 5.76 Å². The van der Waals surface area contributed by atoms with Gasteiger partial charge in [-0.2, -0.15) is 0 Å². The molecule has 1 amide bonds. The summed E-state index contributed by atoms with van der Waals surface area (Å²) < 4.78 is 10.9. The third-order valence-electron chi connectivity index (χ3n) is 6.20. The van der Waals surface area contributed by atoms with E-state index in [0.29, 0.717) is 5.91 Å². The number of amides is 1. The first-order chi connectivity index (χ1) is 12.1. The fourth-order valence-electron chi connectivity index (χ4n) is 4.65. The fourth-order valence-corrected chi connectivity index (χ4v) is 4.65. The highest BCUT2D eigenvalue weighted by Gasteiger charge is 2.51. The van der Waals surface area contributed by atoms with Crippen LogP contribution in [0.5, 0.6) is 0 Å². The Morgan fingerprint density at radius 3 is 2.64 bits per heavy atom. The maximum Gasteiger partial charge on any atom is 0.228 e. The molecule has 0 aromatic carbocycles. The minimum atomic E-state index is 0.0525. The van der Waals surface area contributed by atoms with Crippen LogP contribution >= 0.6 is 0 Å². The number of aryl methyl sites for hydroxylation is 2. The van der Waals surface area contributed by atoms with Crippen LogP contribution in [0.4, 0.5) is 0 Å². The van der Waals surface area contributed by atoms with E-state index in [1.54, 1.807) is 0 Å². The number of nitrogens with zero attached hydrogens (tertiary/aromatic N) is 3. The summed E-state index contributed by atoms with van der Waals surface area (Å²) in [5.41, 5.74) is 2.17. The summed E-state index contributed by atoms with van der Waals surface area (Å²) in [5.74, 6) is 1.27. The summed E-state index contributed by atoms with van der Waals surface area (Å²) >= 11 is 0. The molecule has 1 aromatic rings. The van der Waals surface area contributed by atoms with E-state index >= 15 is 0 Å². The van der Waals surface area contributed by atoms with Crippen molar-refractivity contribution >= 4 is 5.91 Å². The maximum absolute atomic E-state index is 13.2. The van der Waals surface area contributed by atoms with Gasteiger partial charge in [0, 0.05) is 56.9 Å². The van der Waals surface area contributed by atoms with Crippen LogP contribution in [-0.4, -0.2) is 60.3 Å². The van der Waals surface area contributed by atoms with Gasteiger partial charge in [-0.1, -0.05) is 17.3 Å². The number of hydrogen-bond acceptors (Lipinski definition) is 5. The predicted octanol–water partition coefficient (Wildman–Crippen LogP) is 1.92. The molecule has 2 saturated heterocycles. The number of carbonyl (C=O) groups excluding carboxylic acids is 1. The first kappa shape index (κ1) is 16.8. The largest absolute Gasteiger partial charge is 0.381 e. The second-order valence-corrected chi connectivity index (χ2v) is 7.71. The number of rotatable bonds is 3. The van der Waals surface area contributed by atoms with Crippen LogP contribution in [0.1, 0.15) is 29.9 Å². The van der Waals surface area contributed by atoms with Crippen LogP contribution in [0.3, 0.4) is 0 Å². The van der Waals surface area contributed by atoms with Crippen molar-refractivity contribution in [3.63, 3.8) is 0 Å². The average Bonchev–Trinajstić information content (AvgIpc) is 3.32. The summed E-state index contributed by atoms with van der Waals surface area (Å²) in [5, 5.41) is 4.07. The number of likely N-dealkylation sites (tertiary alicyclic amines) is 1. The summed E-state index contributed by atoms with van der Waals surface area (Å²) in [6.45, 7) is 9.59. The van der Waals surface area contributed by atoms with E-state index in [9.17, 15) is 4.79 Å². The molecule has 1 unspecified atom stereocenters. The quantitative estimate of drug-likeness (QED) is 0.784. The van der Waals surface area contributed by atoms with Gasteiger partial charge in [-0.25, -0.2) is 0 Å².